The molecule has 2 amide bonds. The molecule has 0 unspecified atom stereocenters. The maximum atomic E-state index is 12.6. The molecular formula is C20H23ClN2O5. The van der Waals surface area contributed by atoms with Gasteiger partial charge >= 0.3 is 0 Å². The Hall–Kier alpha value is -2.93. The second-order valence-corrected chi connectivity index (χ2v) is 6.30. The second kappa shape index (κ2) is 10.4. The Kier molecular flexibility index (Phi) is 7.95. The van der Waals surface area contributed by atoms with Crippen LogP contribution in [-0.4, -0.2) is 57.7 Å². The van der Waals surface area contributed by atoms with Crippen molar-refractivity contribution < 1.29 is 23.8 Å². The molecule has 0 spiro atoms. The minimum atomic E-state index is -0.262. The Morgan fingerprint density at radius 3 is 2.57 bits per heavy atom. The number of ether oxygens (including phenoxy) is 3. The standard InChI is InChI=1S/C20H23ClN2O5/c1-22-19(24)13-28-17-8-7-14(11-18(17)26-3)20(25)23(2)9-10-27-16-6-4-5-15(21)12-16/h4-8,11-12H,9-10,13H2,1-3H3,(H,22,24). The van der Waals surface area contributed by atoms with E-state index < -0.39 is 0 Å². The SMILES string of the molecule is CNC(=O)COc1ccc(C(=O)N(C)CCOc2cccc(Cl)c2)cc1OC. The highest BCUT2D eigenvalue weighted by atomic mass is 35.5. The summed E-state index contributed by atoms with van der Waals surface area (Å²) >= 11 is 5.92. The summed E-state index contributed by atoms with van der Waals surface area (Å²) < 4.78 is 16.3. The number of carbonyl (C=O) groups is 2. The van der Waals surface area contributed by atoms with Crippen LogP contribution in [0.4, 0.5) is 0 Å². The molecule has 0 radical (unpaired) electrons. The molecule has 0 aliphatic heterocycles. The first kappa shape index (κ1) is 21.4. The van der Waals surface area contributed by atoms with Gasteiger partial charge in [0.2, 0.25) is 0 Å². The molecule has 0 aliphatic rings. The van der Waals surface area contributed by atoms with E-state index in [0.717, 1.165) is 0 Å². The van der Waals surface area contributed by atoms with Gasteiger partial charge in [-0.2, -0.15) is 0 Å². The molecule has 0 fully saturated rings. The zero-order chi connectivity index (χ0) is 20.5. The molecule has 0 heterocycles. The van der Waals surface area contributed by atoms with Crippen molar-refractivity contribution in [1.82, 2.24) is 10.2 Å². The van der Waals surface area contributed by atoms with Crippen molar-refractivity contribution in [3.05, 3.63) is 53.1 Å². The molecule has 28 heavy (non-hydrogen) atoms. The van der Waals surface area contributed by atoms with Crippen molar-refractivity contribution >= 4 is 23.4 Å². The van der Waals surface area contributed by atoms with Gasteiger partial charge in [0.15, 0.2) is 18.1 Å². The highest BCUT2D eigenvalue weighted by Gasteiger charge is 2.15. The Bertz CT molecular complexity index is 828. The molecule has 1 N–H and O–H groups in total. The van der Waals surface area contributed by atoms with Crippen molar-refractivity contribution in [2.75, 3.05) is 41.0 Å². The van der Waals surface area contributed by atoms with Crippen molar-refractivity contribution in [3.8, 4) is 17.2 Å². The predicted octanol–water partition coefficient (Wildman–Crippen LogP) is 2.62. The molecule has 0 saturated heterocycles. The minimum Gasteiger partial charge on any atom is -0.493 e. The summed E-state index contributed by atoms with van der Waals surface area (Å²) in [4.78, 5) is 25.5. The first-order valence-corrected chi connectivity index (χ1v) is 8.97. The molecule has 2 aromatic carbocycles. The third-order valence-electron chi connectivity index (χ3n) is 3.89. The van der Waals surface area contributed by atoms with E-state index >= 15 is 0 Å². The summed E-state index contributed by atoms with van der Waals surface area (Å²) in [6.07, 6.45) is 0. The average molecular weight is 407 g/mol. The third-order valence-corrected chi connectivity index (χ3v) is 4.12. The molecule has 2 rings (SSSR count). The number of hydrogen-bond donors (Lipinski definition) is 1. The quantitative estimate of drug-likeness (QED) is 0.692. The van der Waals surface area contributed by atoms with Crippen LogP contribution in [0.15, 0.2) is 42.5 Å². The zero-order valence-corrected chi connectivity index (χ0v) is 16.8. The molecule has 7 nitrogen and oxygen atoms in total. The Balaban J connectivity index is 1.95. The normalized spacial score (nSPS) is 10.1. The van der Waals surface area contributed by atoms with Crippen LogP contribution in [0.25, 0.3) is 0 Å². The third kappa shape index (κ3) is 6.06. The van der Waals surface area contributed by atoms with E-state index in [-0.39, 0.29) is 18.4 Å². The van der Waals surface area contributed by atoms with Crippen molar-refractivity contribution in [3.63, 3.8) is 0 Å². The smallest absolute Gasteiger partial charge is 0.257 e. The van der Waals surface area contributed by atoms with E-state index in [0.29, 0.717) is 41.0 Å². The van der Waals surface area contributed by atoms with Crippen molar-refractivity contribution in [2.24, 2.45) is 0 Å². The maximum Gasteiger partial charge on any atom is 0.257 e. The lowest BCUT2D eigenvalue weighted by Crippen LogP contribution is -2.31. The van der Waals surface area contributed by atoms with Gasteiger partial charge in [-0.15, -0.1) is 0 Å². The zero-order valence-electron chi connectivity index (χ0n) is 16.0. The predicted molar refractivity (Wildman–Crippen MR) is 106 cm³/mol. The lowest BCUT2D eigenvalue weighted by atomic mass is 10.1. The highest BCUT2D eigenvalue weighted by molar-refractivity contribution is 6.30. The second-order valence-electron chi connectivity index (χ2n) is 5.86. The summed E-state index contributed by atoms with van der Waals surface area (Å²) in [6.45, 7) is 0.580. The van der Waals surface area contributed by atoms with Gasteiger partial charge < -0.3 is 24.4 Å². The molecule has 0 aliphatic carbocycles. The van der Waals surface area contributed by atoms with E-state index in [2.05, 4.69) is 5.32 Å². The Morgan fingerprint density at radius 2 is 1.89 bits per heavy atom. The van der Waals surface area contributed by atoms with Gasteiger partial charge in [-0.3, -0.25) is 9.59 Å². The molecular weight excluding hydrogens is 384 g/mol. The number of carbonyl (C=O) groups excluding carboxylic acids is 2. The van der Waals surface area contributed by atoms with E-state index in [9.17, 15) is 9.59 Å². The fraction of sp³-hybridized carbons (Fsp3) is 0.300. The van der Waals surface area contributed by atoms with Gasteiger partial charge in [0, 0.05) is 24.7 Å². The fourth-order valence-electron chi connectivity index (χ4n) is 2.31. The lowest BCUT2D eigenvalue weighted by Gasteiger charge is -2.18. The number of nitrogens with one attached hydrogen (secondary N) is 1. The average Bonchev–Trinajstić information content (AvgIpc) is 2.71. The van der Waals surface area contributed by atoms with Gasteiger partial charge in [-0.1, -0.05) is 17.7 Å². The number of rotatable bonds is 9. The molecule has 150 valence electrons. The number of benzene rings is 2. The van der Waals surface area contributed by atoms with Crippen LogP contribution in [0.5, 0.6) is 17.2 Å². The largest absolute Gasteiger partial charge is 0.493 e. The van der Waals surface area contributed by atoms with Gasteiger partial charge in [-0.25, -0.2) is 0 Å². The molecule has 8 heteroatoms. The van der Waals surface area contributed by atoms with Gasteiger partial charge in [0.05, 0.1) is 13.7 Å². The molecule has 2 aromatic rings. The fourth-order valence-corrected chi connectivity index (χ4v) is 2.49. The van der Waals surface area contributed by atoms with Crippen LogP contribution in [0, 0.1) is 0 Å². The molecule has 0 saturated carbocycles. The van der Waals surface area contributed by atoms with Crippen molar-refractivity contribution in [2.45, 2.75) is 0 Å². The highest BCUT2D eigenvalue weighted by Crippen LogP contribution is 2.28. The number of nitrogens with zero attached hydrogens (tertiary/aromatic N) is 1. The lowest BCUT2D eigenvalue weighted by molar-refractivity contribution is -0.122. The van der Waals surface area contributed by atoms with Crippen LogP contribution >= 0.6 is 11.6 Å². The Labute approximate surface area is 169 Å². The number of methoxy groups -OCH3 is 1. The van der Waals surface area contributed by atoms with Gasteiger partial charge in [-0.05, 0) is 36.4 Å². The summed E-state index contributed by atoms with van der Waals surface area (Å²) in [7, 11) is 4.68. The van der Waals surface area contributed by atoms with Crippen LogP contribution in [0.1, 0.15) is 10.4 Å². The Morgan fingerprint density at radius 1 is 1.11 bits per heavy atom. The molecule has 0 aromatic heterocycles. The van der Waals surface area contributed by atoms with E-state index in [1.54, 1.807) is 54.4 Å². The summed E-state index contributed by atoms with van der Waals surface area (Å²) in [6, 6.07) is 11.9. The molecule has 0 bridgehead atoms. The van der Waals surface area contributed by atoms with Crippen LogP contribution in [0.2, 0.25) is 5.02 Å². The number of likely N-dealkylation sites (N-methyl/N-ethyl adjacent to an activating group) is 2. The van der Waals surface area contributed by atoms with Crippen LogP contribution < -0.4 is 19.5 Å². The number of amides is 2. The van der Waals surface area contributed by atoms with Gasteiger partial charge in [0.1, 0.15) is 12.4 Å². The first-order valence-electron chi connectivity index (χ1n) is 8.60. The summed E-state index contributed by atoms with van der Waals surface area (Å²) in [5, 5.41) is 3.06. The summed E-state index contributed by atoms with van der Waals surface area (Å²) in [5.74, 6) is 0.952. The molecule has 0 atom stereocenters. The van der Waals surface area contributed by atoms with Crippen molar-refractivity contribution in [1.29, 1.82) is 0 Å². The summed E-state index contributed by atoms with van der Waals surface area (Å²) in [5.41, 5.74) is 0.439. The van der Waals surface area contributed by atoms with Gasteiger partial charge in [0.25, 0.3) is 11.8 Å². The van der Waals surface area contributed by atoms with E-state index in [1.165, 1.54) is 14.2 Å². The van der Waals surface area contributed by atoms with E-state index in [1.807, 2.05) is 0 Å². The minimum absolute atomic E-state index is 0.138. The maximum absolute atomic E-state index is 12.6. The van der Waals surface area contributed by atoms with E-state index in [4.69, 9.17) is 25.8 Å². The number of hydrogen-bond acceptors (Lipinski definition) is 5. The number of halogens is 1. The monoisotopic (exact) mass is 406 g/mol. The van der Waals surface area contributed by atoms with Crippen LogP contribution in [-0.2, 0) is 4.79 Å². The first-order chi connectivity index (χ1) is 13.4. The topological polar surface area (TPSA) is 77.1 Å². The van der Waals surface area contributed by atoms with Crippen LogP contribution in [0.3, 0.4) is 0 Å².